The molecule has 0 aliphatic heterocycles. The summed E-state index contributed by atoms with van der Waals surface area (Å²) in [7, 11) is 0. The van der Waals surface area contributed by atoms with E-state index in [9.17, 15) is 0 Å². The molecule has 0 aliphatic carbocycles. The molecule has 20 heavy (non-hydrogen) atoms. The van der Waals surface area contributed by atoms with E-state index in [1.54, 1.807) is 6.20 Å². The van der Waals surface area contributed by atoms with Crippen LogP contribution in [0.2, 0.25) is 5.02 Å². The van der Waals surface area contributed by atoms with E-state index < -0.39 is 0 Å². The van der Waals surface area contributed by atoms with E-state index >= 15 is 0 Å². The van der Waals surface area contributed by atoms with Crippen LogP contribution in [0.3, 0.4) is 0 Å². The monoisotopic (exact) mass is 354 g/mol. The van der Waals surface area contributed by atoms with E-state index in [1.807, 2.05) is 25.1 Å². The van der Waals surface area contributed by atoms with Crippen molar-refractivity contribution in [3.05, 3.63) is 39.5 Å². The first-order valence-electron chi connectivity index (χ1n) is 6.39. The highest BCUT2D eigenvalue weighted by Gasteiger charge is 2.05. The normalized spacial score (nSPS) is 10.4. The Labute approximate surface area is 132 Å². The molecule has 4 nitrogen and oxygen atoms in total. The summed E-state index contributed by atoms with van der Waals surface area (Å²) < 4.78 is 0.847. The van der Waals surface area contributed by atoms with Crippen LogP contribution in [0.25, 0.3) is 0 Å². The maximum Gasteiger partial charge on any atom is 0.224 e. The summed E-state index contributed by atoms with van der Waals surface area (Å²) in [4.78, 5) is 8.73. The molecule has 0 radical (unpaired) electrons. The maximum atomic E-state index is 5.99. The SMILES string of the molecule is CCCNc1ncc(C)c(Nc2ccc(Cl)c(Br)c2)n1. The molecule has 0 fully saturated rings. The summed E-state index contributed by atoms with van der Waals surface area (Å²) in [5, 5.41) is 7.13. The van der Waals surface area contributed by atoms with Crippen LogP contribution >= 0.6 is 27.5 Å². The van der Waals surface area contributed by atoms with Crippen LogP contribution in [0.5, 0.6) is 0 Å². The molecule has 1 aromatic carbocycles. The third-order valence-electron chi connectivity index (χ3n) is 2.69. The first-order valence-corrected chi connectivity index (χ1v) is 7.57. The van der Waals surface area contributed by atoms with Crippen LogP contribution in [0.1, 0.15) is 18.9 Å². The summed E-state index contributed by atoms with van der Waals surface area (Å²) in [6.07, 6.45) is 2.84. The summed E-state index contributed by atoms with van der Waals surface area (Å²) in [6, 6.07) is 5.66. The van der Waals surface area contributed by atoms with Crippen LogP contribution in [-0.4, -0.2) is 16.5 Å². The lowest BCUT2D eigenvalue weighted by Gasteiger charge is -2.11. The van der Waals surface area contributed by atoms with Crippen molar-refractivity contribution in [1.82, 2.24) is 9.97 Å². The molecule has 0 saturated carbocycles. The second kappa shape index (κ2) is 6.90. The zero-order valence-corrected chi connectivity index (χ0v) is 13.7. The Morgan fingerprint density at radius 3 is 2.85 bits per heavy atom. The minimum absolute atomic E-state index is 0.632. The minimum atomic E-state index is 0.632. The van der Waals surface area contributed by atoms with Crippen molar-refractivity contribution in [2.24, 2.45) is 0 Å². The predicted octanol–water partition coefficient (Wildman–Crippen LogP) is 4.77. The van der Waals surface area contributed by atoms with E-state index in [0.29, 0.717) is 11.0 Å². The van der Waals surface area contributed by atoms with Gasteiger partial charge in [-0.1, -0.05) is 18.5 Å². The molecule has 0 unspecified atom stereocenters. The molecule has 0 saturated heterocycles. The lowest BCUT2D eigenvalue weighted by molar-refractivity contribution is 0.950. The van der Waals surface area contributed by atoms with Gasteiger partial charge in [-0.25, -0.2) is 4.98 Å². The zero-order chi connectivity index (χ0) is 14.5. The standard InChI is InChI=1S/C14H16BrClN4/c1-3-6-17-14-18-8-9(2)13(20-14)19-10-4-5-12(16)11(15)7-10/h4-5,7-8H,3,6H2,1-2H3,(H2,17,18,19,20). The minimum Gasteiger partial charge on any atom is -0.354 e. The lowest BCUT2D eigenvalue weighted by atomic mass is 10.3. The third kappa shape index (κ3) is 3.84. The number of hydrogen-bond acceptors (Lipinski definition) is 4. The summed E-state index contributed by atoms with van der Waals surface area (Å²) in [5.41, 5.74) is 1.91. The third-order valence-corrected chi connectivity index (χ3v) is 3.90. The highest BCUT2D eigenvalue weighted by molar-refractivity contribution is 9.10. The van der Waals surface area contributed by atoms with Crippen molar-refractivity contribution < 1.29 is 0 Å². The Balaban J connectivity index is 2.20. The van der Waals surface area contributed by atoms with Gasteiger partial charge in [0.2, 0.25) is 5.95 Å². The fraction of sp³-hybridized carbons (Fsp3) is 0.286. The largest absolute Gasteiger partial charge is 0.354 e. The summed E-state index contributed by atoms with van der Waals surface area (Å²) >= 11 is 9.40. The van der Waals surface area contributed by atoms with Crippen molar-refractivity contribution in [2.75, 3.05) is 17.2 Å². The second-order valence-electron chi connectivity index (χ2n) is 4.41. The summed E-state index contributed by atoms with van der Waals surface area (Å²) in [5.74, 6) is 1.42. The van der Waals surface area contributed by atoms with Crippen molar-refractivity contribution in [3.63, 3.8) is 0 Å². The van der Waals surface area contributed by atoms with Crippen molar-refractivity contribution in [3.8, 4) is 0 Å². The van der Waals surface area contributed by atoms with Crippen molar-refractivity contribution >= 4 is 45.0 Å². The molecule has 1 heterocycles. The lowest BCUT2D eigenvalue weighted by Crippen LogP contribution is -2.06. The quantitative estimate of drug-likeness (QED) is 0.811. The van der Waals surface area contributed by atoms with Crippen LogP contribution < -0.4 is 10.6 Å². The van der Waals surface area contributed by atoms with Gasteiger partial charge >= 0.3 is 0 Å². The molecule has 1 aromatic heterocycles. The molecule has 0 bridgehead atoms. The van der Waals surface area contributed by atoms with E-state index in [2.05, 4.69) is 43.5 Å². The van der Waals surface area contributed by atoms with Gasteiger partial charge in [-0.3, -0.25) is 0 Å². The number of aryl methyl sites for hydroxylation is 1. The molecule has 2 rings (SSSR count). The highest BCUT2D eigenvalue weighted by Crippen LogP contribution is 2.27. The number of rotatable bonds is 5. The Morgan fingerprint density at radius 1 is 1.35 bits per heavy atom. The van der Waals surface area contributed by atoms with Gasteiger partial charge in [0, 0.05) is 28.5 Å². The average molecular weight is 356 g/mol. The average Bonchev–Trinajstić information content (AvgIpc) is 2.44. The second-order valence-corrected chi connectivity index (χ2v) is 5.67. The van der Waals surface area contributed by atoms with E-state index in [-0.39, 0.29) is 0 Å². The Kier molecular flexibility index (Phi) is 5.20. The molecule has 0 aliphatic rings. The van der Waals surface area contributed by atoms with E-state index in [1.165, 1.54) is 0 Å². The molecular weight excluding hydrogens is 340 g/mol. The molecule has 2 aromatic rings. The molecule has 0 spiro atoms. The van der Waals surface area contributed by atoms with Gasteiger partial charge < -0.3 is 10.6 Å². The van der Waals surface area contributed by atoms with Gasteiger partial charge in [0.05, 0.1) is 5.02 Å². The van der Waals surface area contributed by atoms with Gasteiger partial charge in [0.1, 0.15) is 5.82 Å². The fourth-order valence-electron chi connectivity index (χ4n) is 1.60. The first-order chi connectivity index (χ1) is 9.60. The van der Waals surface area contributed by atoms with Gasteiger partial charge in [-0.2, -0.15) is 4.98 Å². The van der Waals surface area contributed by atoms with Crippen molar-refractivity contribution in [2.45, 2.75) is 20.3 Å². The van der Waals surface area contributed by atoms with Gasteiger partial charge in [-0.05, 0) is 47.5 Å². The number of hydrogen-bond donors (Lipinski definition) is 2. The molecule has 0 amide bonds. The van der Waals surface area contributed by atoms with Gasteiger partial charge in [0.25, 0.3) is 0 Å². The maximum absolute atomic E-state index is 5.99. The number of nitrogens with one attached hydrogen (secondary N) is 2. The Morgan fingerprint density at radius 2 is 2.15 bits per heavy atom. The van der Waals surface area contributed by atoms with Crippen LogP contribution in [0.15, 0.2) is 28.9 Å². The Bertz CT molecular complexity index is 604. The zero-order valence-electron chi connectivity index (χ0n) is 11.4. The number of aromatic nitrogens is 2. The number of benzene rings is 1. The van der Waals surface area contributed by atoms with Gasteiger partial charge in [-0.15, -0.1) is 0 Å². The Hall–Kier alpha value is -1.33. The van der Waals surface area contributed by atoms with Gasteiger partial charge in [0.15, 0.2) is 0 Å². The molecular formula is C14H16BrClN4. The smallest absolute Gasteiger partial charge is 0.224 e. The summed E-state index contributed by atoms with van der Waals surface area (Å²) in [6.45, 7) is 4.93. The van der Waals surface area contributed by atoms with E-state index in [0.717, 1.165) is 34.5 Å². The predicted molar refractivity (Wildman–Crippen MR) is 88.0 cm³/mol. The molecule has 0 atom stereocenters. The number of halogens is 2. The number of nitrogens with zero attached hydrogens (tertiary/aromatic N) is 2. The molecule has 106 valence electrons. The van der Waals surface area contributed by atoms with E-state index in [4.69, 9.17) is 11.6 Å². The van der Waals surface area contributed by atoms with Crippen LogP contribution in [0.4, 0.5) is 17.5 Å². The van der Waals surface area contributed by atoms with Crippen LogP contribution in [0, 0.1) is 6.92 Å². The topological polar surface area (TPSA) is 49.8 Å². The fourth-order valence-corrected chi connectivity index (χ4v) is 2.10. The highest BCUT2D eigenvalue weighted by atomic mass is 79.9. The van der Waals surface area contributed by atoms with Crippen molar-refractivity contribution in [1.29, 1.82) is 0 Å². The molecule has 2 N–H and O–H groups in total. The van der Waals surface area contributed by atoms with Crippen LogP contribution in [-0.2, 0) is 0 Å². The first kappa shape index (κ1) is 15.1. The molecule has 6 heteroatoms. The number of anilines is 3.